The van der Waals surface area contributed by atoms with E-state index >= 15 is 0 Å². The van der Waals surface area contributed by atoms with Crippen LogP contribution in [0.15, 0.2) is 60.0 Å². The summed E-state index contributed by atoms with van der Waals surface area (Å²) in [6, 6.07) is 11.8. The van der Waals surface area contributed by atoms with Crippen molar-refractivity contribution in [1.29, 1.82) is 0 Å². The van der Waals surface area contributed by atoms with Crippen molar-refractivity contribution in [3.05, 3.63) is 82.6 Å². The zero-order chi connectivity index (χ0) is 22.4. The van der Waals surface area contributed by atoms with Crippen molar-refractivity contribution in [1.82, 2.24) is 29.1 Å². The Balaban J connectivity index is 1.82. The zero-order valence-electron chi connectivity index (χ0n) is 18.4. The van der Waals surface area contributed by atoms with Gasteiger partial charge in [-0.05, 0) is 43.2 Å². The van der Waals surface area contributed by atoms with Crippen LogP contribution in [0.1, 0.15) is 17.0 Å². The molecule has 0 bridgehead atoms. The average Bonchev–Trinajstić information content (AvgIpc) is 3.17. The van der Waals surface area contributed by atoms with Crippen LogP contribution < -0.4 is 10.5 Å². The molecule has 0 fully saturated rings. The van der Waals surface area contributed by atoms with Gasteiger partial charge in [0.05, 0.1) is 35.7 Å². The fourth-order valence-electron chi connectivity index (χ4n) is 4.20. The number of aryl methyl sites for hydroxylation is 2. The van der Waals surface area contributed by atoms with Crippen molar-refractivity contribution < 1.29 is 0 Å². The van der Waals surface area contributed by atoms with Gasteiger partial charge in [0, 0.05) is 19.8 Å². The van der Waals surface area contributed by atoms with Gasteiger partial charge in [-0.15, -0.1) is 0 Å². The van der Waals surface area contributed by atoms with Gasteiger partial charge in [-0.1, -0.05) is 18.2 Å². The smallest absolute Gasteiger partial charge is 0.266 e. The molecule has 8 nitrogen and oxygen atoms in total. The van der Waals surface area contributed by atoms with Gasteiger partial charge >= 0.3 is 0 Å². The molecule has 0 atom stereocenters. The molecule has 0 spiro atoms. The van der Waals surface area contributed by atoms with Crippen LogP contribution in [0, 0.1) is 13.8 Å². The van der Waals surface area contributed by atoms with Crippen LogP contribution in [0.4, 0.5) is 5.69 Å². The van der Waals surface area contributed by atoms with E-state index in [0.29, 0.717) is 34.4 Å². The Kier molecular flexibility index (Phi) is 4.70. The van der Waals surface area contributed by atoms with Gasteiger partial charge in [0.25, 0.3) is 5.56 Å². The molecule has 32 heavy (non-hydrogen) atoms. The molecular weight excluding hydrogens is 402 g/mol. The van der Waals surface area contributed by atoms with Crippen LogP contribution in [0.3, 0.4) is 0 Å². The molecule has 5 aromatic rings. The lowest BCUT2D eigenvalue weighted by atomic mass is 10.1. The fraction of sp³-hybridized carbons (Fsp3) is 0.208. The Morgan fingerprint density at radius 1 is 1.00 bits per heavy atom. The van der Waals surface area contributed by atoms with Crippen molar-refractivity contribution >= 4 is 27.8 Å². The van der Waals surface area contributed by atoms with E-state index in [1.54, 1.807) is 17.1 Å². The monoisotopic (exact) mass is 425 g/mol. The second-order valence-corrected chi connectivity index (χ2v) is 8.06. The maximum atomic E-state index is 13.9. The van der Waals surface area contributed by atoms with Crippen molar-refractivity contribution in [2.24, 2.45) is 0 Å². The number of benzene rings is 2. The minimum absolute atomic E-state index is 0.0838. The second kappa shape index (κ2) is 7.56. The third-order valence-electron chi connectivity index (χ3n) is 5.77. The predicted molar refractivity (Wildman–Crippen MR) is 126 cm³/mol. The molecule has 5 rings (SSSR count). The van der Waals surface area contributed by atoms with Gasteiger partial charge in [-0.3, -0.25) is 9.36 Å². The van der Waals surface area contributed by atoms with Gasteiger partial charge in [-0.25, -0.2) is 19.9 Å². The van der Waals surface area contributed by atoms with E-state index in [0.717, 1.165) is 22.5 Å². The summed E-state index contributed by atoms with van der Waals surface area (Å²) >= 11 is 0. The van der Waals surface area contributed by atoms with Crippen LogP contribution >= 0.6 is 0 Å². The van der Waals surface area contributed by atoms with Crippen LogP contribution in [0.25, 0.3) is 27.8 Å². The number of anilines is 1. The fourth-order valence-corrected chi connectivity index (χ4v) is 4.20. The molecule has 0 N–H and O–H groups in total. The Bertz CT molecular complexity index is 1530. The van der Waals surface area contributed by atoms with Gasteiger partial charge in [-0.2, -0.15) is 0 Å². The summed E-state index contributed by atoms with van der Waals surface area (Å²) in [6.07, 6.45) is 4.88. The van der Waals surface area contributed by atoms with E-state index < -0.39 is 0 Å². The van der Waals surface area contributed by atoms with E-state index in [-0.39, 0.29) is 5.56 Å². The molecule has 3 aromatic heterocycles. The topological polar surface area (TPSA) is 81.7 Å². The molecule has 0 saturated heterocycles. The molecule has 0 amide bonds. The number of rotatable bonds is 4. The molecular formula is C24H23N7O. The molecule has 2 aromatic carbocycles. The normalized spacial score (nSPS) is 11.4. The van der Waals surface area contributed by atoms with Gasteiger partial charge in [0.2, 0.25) is 0 Å². The summed E-state index contributed by atoms with van der Waals surface area (Å²) in [5, 5.41) is 0.626. The highest BCUT2D eigenvalue weighted by Crippen LogP contribution is 2.26. The Hall–Kier alpha value is -4.07. The minimum Gasteiger partial charge on any atom is -0.377 e. The van der Waals surface area contributed by atoms with Crippen molar-refractivity contribution in [3.63, 3.8) is 0 Å². The third-order valence-corrected chi connectivity index (χ3v) is 5.77. The highest BCUT2D eigenvalue weighted by molar-refractivity contribution is 5.87. The molecule has 0 aliphatic heterocycles. The predicted octanol–water partition coefficient (Wildman–Crippen LogP) is 3.26. The quantitative estimate of drug-likeness (QED) is 0.440. The molecule has 8 heteroatoms. The van der Waals surface area contributed by atoms with E-state index in [1.807, 2.05) is 73.8 Å². The number of hydrogen-bond donors (Lipinski definition) is 0. The lowest BCUT2D eigenvalue weighted by Gasteiger charge is -2.20. The summed E-state index contributed by atoms with van der Waals surface area (Å²) < 4.78 is 3.61. The number of aromatic nitrogens is 6. The van der Waals surface area contributed by atoms with Crippen molar-refractivity contribution in [3.8, 4) is 5.69 Å². The Morgan fingerprint density at radius 2 is 1.81 bits per heavy atom. The SMILES string of the molecule is Cc1ccccc1-n1c(Cn2cnc3cncnc32)nc2ccc(N(C)C)c(C)c2c1=O. The number of hydrogen-bond acceptors (Lipinski definition) is 6. The molecule has 0 aliphatic rings. The number of nitrogens with zero attached hydrogens (tertiary/aromatic N) is 7. The lowest BCUT2D eigenvalue weighted by molar-refractivity contribution is 0.716. The second-order valence-electron chi connectivity index (χ2n) is 8.06. The molecule has 0 aliphatic carbocycles. The van der Waals surface area contributed by atoms with Crippen LogP contribution in [-0.2, 0) is 6.54 Å². The Morgan fingerprint density at radius 3 is 2.59 bits per heavy atom. The van der Waals surface area contributed by atoms with Crippen LogP contribution in [0.5, 0.6) is 0 Å². The minimum atomic E-state index is -0.0838. The maximum Gasteiger partial charge on any atom is 0.266 e. The molecule has 0 saturated carbocycles. The first-order chi connectivity index (χ1) is 15.5. The highest BCUT2D eigenvalue weighted by atomic mass is 16.1. The van der Waals surface area contributed by atoms with Crippen molar-refractivity contribution in [2.75, 3.05) is 19.0 Å². The van der Waals surface area contributed by atoms with E-state index in [1.165, 1.54) is 6.33 Å². The van der Waals surface area contributed by atoms with Gasteiger partial charge < -0.3 is 9.47 Å². The first-order valence-corrected chi connectivity index (χ1v) is 10.3. The molecule has 160 valence electrons. The summed E-state index contributed by atoms with van der Waals surface area (Å²) in [6.45, 7) is 4.32. The average molecular weight is 425 g/mol. The molecule has 3 heterocycles. The number of fused-ring (bicyclic) bond motifs is 2. The maximum absolute atomic E-state index is 13.9. The van der Waals surface area contributed by atoms with Crippen molar-refractivity contribution in [2.45, 2.75) is 20.4 Å². The highest BCUT2D eigenvalue weighted by Gasteiger charge is 2.18. The van der Waals surface area contributed by atoms with Crippen LogP contribution in [-0.4, -0.2) is 43.2 Å². The van der Waals surface area contributed by atoms with E-state index in [2.05, 4.69) is 15.0 Å². The summed E-state index contributed by atoms with van der Waals surface area (Å²) in [7, 11) is 3.95. The molecule has 0 radical (unpaired) electrons. The zero-order valence-corrected chi connectivity index (χ0v) is 18.4. The number of imidazole rings is 1. The first-order valence-electron chi connectivity index (χ1n) is 10.3. The standard InChI is InChI=1S/C24H23N7O/c1-15-7-5-6-8-19(15)31-21(12-30-14-27-18-11-25-13-26-23(18)30)28-17-9-10-20(29(3)4)16(2)22(17)24(31)32/h5-11,13-14H,12H2,1-4H3. The van der Waals surface area contributed by atoms with E-state index in [4.69, 9.17) is 4.98 Å². The van der Waals surface area contributed by atoms with E-state index in [9.17, 15) is 4.79 Å². The largest absolute Gasteiger partial charge is 0.377 e. The number of para-hydroxylation sites is 1. The first kappa shape index (κ1) is 19.9. The Labute approximate surface area is 184 Å². The lowest BCUT2D eigenvalue weighted by Crippen LogP contribution is -2.27. The van der Waals surface area contributed by atoms with Gasteiger partial charge in [0.1, 0.15) is 17.7 Å². The third kappa shape index (κ3) is 3.11. The molecule has 0 unspecified atom stereocenters. The summed E-state index contributed by atoms with van der Waals surface area (Å²) in [5.74, 6) is 0.617. The summed E-state index contributed by atoms with van der Waals surface area (Å²) in [4.78, 5) is 33.7. The summed E-state index contributed by atoms with van der Waals surface area (Å²) in [5.41, 5.74) is 5.72. The van der Waals surface area contributed by atoms with Crippen LogP contribution in [0.2, 0.25) is 0 Å². The van der Waals surface area contributed by atoms with Gasteiger partial charge in [0.15, 0.2) is 5.65 Å².